The second-order valence-corrected chi connectivity index (χ2v) is 6.94. The third kappa shape index (κ3) is 5.13. The molecule has 0 unspecified atom stereocenters. The van der Waals surface area contributed by atoms with E-state index in [0.29, 0.717) is 29.4 Å². The lowest BCUT2D eigenvalue weighted by Crippen LogP contribution is -2.26. The largest absolute Gasteiger partial charge is 0.494 e. The molecule has 0 aliphatic heterocycles. The highest BCUT2D eigenvalue weighted by Gasteiger charge is 2.37. The maximum absolute atomic E-state index is 13.5. The summed E-state index contributed by atoms with van der Waals surface area (Å²) in [6, 6.07) is 6.29. The highest BCUT2D eigenvalue weighted by Crippen LogP contribution is 2.41. The number of nitrogens with zero attached hydrogens (tertiary/aromatic N) is 1. The maximum atomic E-state index is 13.5. The second kappa shape index (κ2) is 8.63. The molecule has 0 amide bonds. The quantitative estimate of drug-likeness (QED) is 0.594. The van der Waals surface area contributed by atoms with Crippen molar-refractivity contribution in [2.75, 3.05) is 7.11 Å². The minimum Gasteiger partial charge on any atom is -0.494 e. The van der Waals surface area contributed by atoms with Crippen molar-refractivity contribution in [1.82, 2.24) is 9.97 Å². The average molecular weight is 408 g/mol. The molecule has 0 radical (unpaired) electrons. The van der Waals surface area contributed by atoms with Crippen LogP contribution < -0.4 is 10.2 Å². The van der Waals surface area contributed by atoms with E-state index in [2.05, 4.69) is 14.7 Å². The summed E-state index contributed by atoms with van der Waals surface area (Å²) in [5.41, 5.74) is 1.11. The van der Waals surface area contributed by atoms with Gasteiger partial charge in [-0.15, -0.1) is 0 Å². The van der Waals surface area contributed by atoms with Crippen LogP contribution in [-0.2, 0) is 0 Å². The summed E-state index contributed by atoms with van der Waals surface area (Å²) in [6.45, 7) is 0. The zero-order chi connectivity index (χ0) is 21.0. The number of halogens is 4. The number of methoxy groups -OCH3 is 1. The first kappa shape index (κ1) is 20.8. The highest BCUT2D eigenvalue weighted by atomic mass is 19.3. The number of nitrogens with one attached hydrogen (secondary N) is 1. The summed E-state index contributed by atoms with van der Waals surface area (Å²) in [4.78, 5) is 19.0. The monoisotopic (exact) mass is 408 g/mol. The number of pyridine rings is 2. The lowest BCUT2D eigenvalue weighted by atomic mass is 9.84. The van der Waals surface area contributed by atoms with Crippen LogP contribution in [-0.4, -0.2) is 23.0 Å². The predicted molar refractivity (Wildman–Crippen MR) is 101 cm³/mol. The van der Waals surface area contributed by atoms with Gasteiger partial charge in [0.15, 0.2) is 17.0 Å². The van der Waals surface area contributed by atoms with Crippen LogP contribution in [0.1, 0.15) is 37.3 Å². The topological polar surface area (TPSA) is 55.0 Å². The normalized spacial score (nSPS) is 18.0. The number of alkyl halides is 2. The molecule has 1 aliphatic carbocycles. The Morgan fingerprint density at radius 1 is 1.21 bits per heavy atom. The number of fused-ring (bicyclic) bond motifs is 1. The van der Waals surface area contributed by atoms with Crippen LogP contribution in [0.2, 0.25) is 0 Å². The van der Waals surface area contributed by atoms with E-state index < -0.39 is 17.6 Å². The molecule has 1 aromatic carbocycles. The van der Waals surface area contributed by atoms with Crippen LogP contribution in [0.15, 0.2) is 47.5 Å². The highest BCUT2D eigenvalue weighted by molar-refractivity contribution is 5.77. The molecule has 0 saturated heterocycles. The third-order valence-corrected chi connectivity index (χ3v) is 4.85. The van der Waals surface area contributed by atoms with E-state index in [1.54, 1.807) is 12.3 Å². The molecule has 0 spiro atoms. The van der Waals surface area contributed by atoms with Crippen LogP contribution in [0, 0.1) is 11.6 Å². The van der Waals surface area contributed by atoms with E-state index in [1.165, 1.54) is 25.4 Å². The van der Waals surface area contributed by atoms with Crippen molar-refractivity contribution in [2.24, 2.45) is 0 Å². The SMILES string of the molecule is COc1ccc(F)cc1F.O=c1cc([C@H]2CCCC(F)(F)C2)[nH]c2ccncc12. The van der Waals surface area contributed by atoms with Gasteiger partial charge in [-0.1, -0.05) is 0 Å². The molecule has 1 fully saturated rings. The van der Waals surface area contributed by atoms with Crippen molar-refractivity contribution in [3.05, 3.63) is 70.3 Å². The fraction of sp³-hybridized carbons (Fsp3) is 0.333. The molecular weight excluding hydrogens is 388 g/mol. The number of H-pyrrole nitrogens is 1. The van der Waals surface area contributed by atoms with Gasteiger partial charge >= 0.3 is 0 Å². The van der Waals surface area contributed by atoms with Crippen molar-refractivity contribution >= 4 is 10.9 Å². The Morgan fingerprint density at radius 2 is 2.00 bits per heavy atom. The van der Waals surface area contributed by atoms with Gasteiger partial charge in [0.1, 0.15) is 5.82 Å². The Hall–Kier alpha value is -2.90. The van der Waals surface area contributed by atoms with Crippen LogP contribution in [0.3, 0.4) is 0 Å². The lowest BCUT2D eigenvalue weighted by molar-refractivity contribution is -0.0412. The number of ether oxygens (including phenoxy) is 1. The molecule has 154 valence electrons. The Labute approximate surface area is 164 Å². The molecule has 2 aromatic heterocycles. The molecule has 1 saturated carbocycles. The molecule has 4 rings (SSSR count). The molecule has 8 heteroatoms. The molecular formula is C21H20F4N2O2. The molecule has 1 N–H and O–H groups in total. The van der Waals surface area contributed by atoms with E-state index in [-0.39, 0.29) is 29.9 Å². The molecule has 1 aliphatic rings. The van der Waals surface area contributed by atoms with Gasteiger partial charge in [0.05, 0.1) is 18.0 Å². The second-order valence-electron chi connectivity index (χ2n) is 6.94. The average Bonchev–Trinajstić information content (AvgIpc) is 2.68. The van der Waals surface area contributed by atoms with E-state index in [4.69, 9.17) is 0 Å². The molecule has 1 atom stereocenters. The Morgan fingerprint density at radius 3 is 2.69 bits per heavy atom. The van der Waals surface area contributed by atoms with E-state index in [9.17, 15) is 22.4 Å². The van der Waals surface area contributed by atoms with Crippen LogP contribution in [0.4, 0.5) is 17.6 Å². The van der Waals surface area contributed by atoms with Gasteiger partial charge < -0.3 is 9.72 Å². The molecule has 2 heterocycles. The number of aromatic amines is 1. The van der Waals surface area contributed by atoms with Gasteiger partial charge in [-0.3, -0.25) is 9.78 Å². The Kier molecular flexibility index (Phi) is 6.20. The summed E-state index contributed by atoms with van der Waals surface area (Å²) < 4.78 is 56.1. The molecule has 0 bridgehead atoms. The van der Waals surface area contributed by atoms with Gasteiger partial charge in [-0.25, -0.2) is 17.6 Å². The molecule has 4 nitrogen and oxygen atoms in total. The van der Waals surface area contributed by atoms with Gasteiger partial charge in [-0.2, -0.15) is 0 Å². The summed E-state index contributed by atoms with van der Waals surface area (Å²) in [5, 5.41) is 0.494. The standard InChI is InChI=1S/C14H14F2N2O.C7H6F2O/c15-14(16)4-1-2-9(7-14)12-6-13(19)10-8-17-5-3-11(10)18-12;1-10-7-3-2-5(8)4-6(7)9/h3,5-6,8-9H,1-2,4,7H2,(H,18,19);2-4H,1H3/t9-;/m0./s1. The Balaban J connectivity index is 0.000000204. The van der Waals surface area contributed by atoms with Gasteiger partial charge in [0.25, 0.3) is 0 Å². The van der Waals surface area contributed by atoms with Gasteiger partial charge in [0, 0.05) is 49.0 Å². The number of hydrogen-bond donors (Lipinski definition) is 1. The van der Waals surface area contributed by atoms with Crippen molar-refractivity contribution in [3.8, 4) is 5.75 Å². The third-order valence-electron chi connectivity index (χ3n) is 4.85. The smallest absolute Gasteiger partial charge is 0.248 e. The van der Waals surface area contributed by atoms with Crippen molar-refractivity contribution in [3.63, 3.8) is 0 Å². The lowest BCUT2D eigenvalue weighted by Gasteiger charge is -2.28. The first-order chi connectivity index (χ1) is 13.8. The summed E-state index contributed by atoms with van der Waals surface area (Å²) in [7, 11) is 1.33. The number of aromatic nitrogens is 2. The number of benzene rings is 1. The van der Waals surface area contributed by atoms with E-state index in [1.807, 2.05) is 0 Å². The predicted octanol–water partition coefficient (Wildman–Crippen LogP) is 5.19. The molecule has 29 heavy (non-hydrogen) atoms. The summed E-state index contributed by atoms with van der Waals surface area (Å²) in [6.07, 6.45) is 4.03. The van der Waals surface area contributed by atoms with Crippen molar-refractivity contribution in [2.45, 2.75) is 37.5 Å². The number of rotatable bonds is 2. The van der Waals surface area contributed by atoms with Crippen LogP contribution >= 0.6 is 0 Å². The van der Waals surface area contributed by atoms with E-state index in [0.717, 1.165) is 12.1 Å². The van der Waals surface area contributed by atoms with Crippen LogP contribution in [0.5, 0.6) is 5.75 Å². The first-order valence-corrected chi connectivity index (χ1v) is 9.13. The fourth-order valence-electron chi connectivity index (χ4n) is 3.41. The first-order valence-electron chi connectivity index (χ1n) is 9.13. The fourth-order valence-corrected chi connectivity index (χ4v) is 3.41. The van der Waals surface area contributed by atoms with Crippen molar-refractivity contribution in [1.29, 1.82) is 0 Å². The maximum Gasteiger partial charge on any atom is 0.248 e. The van der Waals surface area contributed by atoms with Gasteiger partial charge in [-0.05, 0) is 31.0 Å². The number of hydrogen-bond acceptors (Lipinski definition) is 3. The zero-order valence-corrected chi connectivity index (χ0v) is 15.7. The minimum atomic E-state index is -2.62. The minimum absolute atomic E-state index is 0.0504. The Bertz CT molecular complexity index is 1050. The van der Waals surface area contributed by atoms with E-state index >= 15 is 0 Å². The summed E-state index contributed by atoms with van der Waals surface area (Å²) >= 11 is 0. The van der Waals surface area contributed by atoms with Crippen LogP contribution in [0.25, 0.3) is 10.9 Å². The van der Waals surface area contributed by atoms with Crippen molar-refractivity contribution < 1.29 is 22.3 Å². The summed E-state index contributed by atoms with van der Waals surface area (Å²) in [5.74, 6) is -4.11. The molecule has 3 aromatic rings. The van der Waals surface area contributed by atoms with Gasteiger partial charge in [0.2, 0.25) is 5.92 Å². The zero-order valence-electron chi connectivity index (χ0n) is 15.7.